The van der Waals surface area contributed by atoms with Crippen LogP contribution >= 0.6 is 11.6 Å². The molecule has 0 bridgehead atoms. The number of carbonyl (C=O) groups excluding carboxylic acids is 2. The summed E-state index contributed by atoms with van der Waals surface area (Å²) in [5, 5.41) is 1.23. The third-order valence-electron chi connectivity index (χ3n) is 6.90. The van der Waals surface area contributed by atoms with Crippen molar-refractivity contribution in [3.8, 4) is 0 Å². The van der Waals surface area contributed by atoms with Gasteiger partial charge in [-0.15, -0.1) is 0 Å². The number of piperidine rings is 1. The molecule has 0 radical (unpaired) electrons. The summed E-state index contributed by atoms with van der Waals surface area (Å²) in [4.78, 5) is 33.5. The summed E-state index contributed by atoms with van der Waals surface area (Å²) in [6.07, 6.45) is 1.49. The molecule has 0 unspecified atom stereocenters. The van der Waals surface area contributed by atoms with Crippen LogP contribution in [0.15, 0.2) is 42.5 Å². The molecule has 1 spiro atoms. The van der Waals surface area contributed by atoms with E-state index in [0.29, 0.717) is 41.5 Å². The van der Waals surface area contributed by atoms with Gasteiger partial charge in [-0.2, -0.15) is 4.73 Å². The molecule has 3 aromatic rings. The van der Waals surface area contributed by atoms with Crippen molar-refractivity contribution >= 4 is 34.4 Å². The Morgan fingerprint density at radius 3 is 2.47 bits per heavy atom. The van der Waals surface area contributed by atoms with E-state index >= 15 is 0 Å². The number of fused-ring (bicyclic) bond motifs is 3. The number of halogens is 1. The monoisotopic (exact) mass is 480 g/mol. The van der Waals surface area contributed by atoms with Crippen molar-refractivity contribution in [2.24, 2.45) is 0 Å². The zero-order valence-corrected chi connectivity index (χ0v) is 20.7. The minimum Gasteiger partial charge on any atom is -0.365 e. The van der Waals surface area contributed by atoms with E-state index in [4.69, 9.17) is 21.2 Å². The summed E-state index contributed by atoms with van der Waals surface area (Å²) in [6, 6.07) is 13.7. The molecule has 2 aromatic carbocycles. The number of amides is 1. The number of hydrogen-bond acceptors (Lipinski definition) is 4. The quantitative estimate of drug-likeness (QED) is 0.504. The number of likely N-dealkylation sites (tertiary alicyclic amines) is 1. The number of ether oxygens (including phenoxy) is 1. The largest absolute Gasteiger partial charge is 0.365 e. The highest BCUT2D eigenvalue weighted by molar-refractivity contribution is 6.31. The number of benzene rings is 2. The van der Waals surface area contributed by atoms with Crippen molar-refractivity contribution in [3.05, 3.63) is 69.9 Å². The van der Waals surface area contributed by atoms with Crippen molar-refractivity contribution in [2.75, 3.05) is 13.1 Å². The normalized spacial score (nSPS) is 17.3. The molecule has 0 aliphatic carbocycles. The standard InChI is InChI=1S/C27H29ClN2O4/c1-17(31)34-30-22-15-19(28)9-10-20(22)23(24(30)26(2,3)4)25(32)29-13-11-27(12-14-29)21-8-6-5-7-18(21)16-33-27/h5-10,15H,11-14,16H2,1-4H3. The van der Waals surface area contributed by atoms with E-state index in [1.165, 1.54) is 22.8 Å². The van der Waals surface area contributed by atoms with Crippen LogP contribution < -0.4 is 4.84 Å². The molecule has 0 atom stereocenters. The smallest absolute Gasteiger partial charge is 0.329 e. The van der Waals surface area contributed by atoms with Gasteiger partial charge < -0.3 is 14.5 Å². The summed E-state index contributed by atoms with van der Waals surface area (Å²) in [5.74, 6) is -0.525. The summed E-state index contributed by atoms with van der Waals surface area (Å²) >= 11 is 6.28. The van der Waals surface area contributed by atoms with E-state index in [1.54, 1.807) is 12.1 Å². The van der Waals surface area contributed by atoms with E-state index < -0.39 is 11.4 Å². The first-order chi connectivity index (χ1) is 16.1. The maximum Gasteiger partial charge on any atom is 0.329 e. The second kappa shape index (κ2) is 8.14. The molecular weight excluding hydrogens is 452 g/mol. The number of nitrogens with zero attached hydrogens (tertiary/aromatic N) is 2. The van der Waals surface area contributed by atoms with Crippen molar-refractivity contribution < 1.29 is 19.2 Å². The highest BCUT2D eigenvalue weighted by Gasteiger charge is 2.44. The highest BCUT2D eigenvalue weighted by atomic mass is 35.5. The number of rotatable bonds is 2. The molecule has 0 N–H and O–H groups in total. The zero-order valence-electron chi connectivity index (χ0n) is 20.0. The molecule has 0 saturated carbocycles. The molecule has 34 heavy (non-hydrogen) atoms. The molecule has 1 saturated heterocycles. The van der Waals surface area contributed by atoms with Crippen molar-refractivity contribution in [1.82, 2.24) is 9.63 Å². The highest BCUT2D eigenvalue weighted by Crippen LogP contribution is 2.45. The van der Waals surface area contributed by atoms with Gasteiger partial charge >= 0.3 is 5.97 Å². The number of carbonyl (C=O) groups is 2. The van der Waals surface area contributed by atoms with Gasteiger partial charge in [-0.25, -0.2) is 4.79 Å². The number of aromatic nitrogens is 1. The van der Waals surface area contributed by atoms with Gasteiger partial charge in [0.25, 0.3) is 5.91 Å². The second-order valence-corrected chi connectivity index (χ2v) is 10.7. The van der Waals surface area contributed by atoms with Crippen LogP contribution in [0, 0.1) is 0 Å². The minimum absolute atomic E-state index is 0.0655. The fraction of sp³-hybridized carbons (Fsp3) is 0.407. The van der Waals surface area contributed by atoms with Gasteiger partial charge in [0.15, 0.2) is 0 Å². The third-order valence-corrected chi connectivity index (χ3v) is 7.14. The van der Waals surface area contributed by atoms with Crippen molar-refractivity contribution in [2.45, 2.75) is 58.2 Å². The summed E-state index contributed by atoms with van der Waals surface area (Å²) < 4.78 is 7.77. The van der Waals surface area contributed by atoms with E-state index in [2.05, 4.69) is 18.2 Å². The Bertz CT molecular complexity index is 1300. The second-order valence-electron chi connectivity index (χ2n) is 10.2. The van der Waals surface area contributed by atoms with Crippen LogP contribution in [0.25, 0.3) is 10.9 Å². The molecule has 2 aliphatic heterocycles. The minimum atomic E-state index is -0.462. The lowest BCUT2D eigenvalue weighted by molar-refractivity contribution is -0.141. The summed E-state index contributed by atoms with van der Waals surface area (Å²) in [5.41, 5.74) is 3.53. The van der Waals surface area contributed by atoms with Gasteiger partial charge in [-0.05, 0) is 36.1 Å². The maximum atomic E-state index is 14.0. The predicted molar refractivity (Wildman–Crippen MR) is 131 cm³/mol. The van der Waals surface area contributed by atoms with Crippen LogP contribution in [-0.4, -0.2) is 34.6 Å². The Hall–Kier alpha value is -2.83. The first-order valence-electron chi connectivity index (χ1n) is 11.7. The first kappa shape index (κ1) is 22.9. The summed E-state index contributed by atoms with van der Waals surface area (Å²) in [7, 11) is 0. The molecule has 2 aliphatic rings. The Kier molecular flexibility index (Phi) is 5.49. The van der Waals surface area contributed by atoms with Gasteiger partial charge in [-0.1, -0.05) is 62.7 Å². The van der Waals surface area contributed by atoms with Gasteiger partial charge in [0.05, 0.1) is 29.0 Å². The zero-order chi connectivity index (χ0) is 24.3. The Balaban J connectivity index is 1.54. The predicted octanol–water partition coefficient (Wildman–Crippen LogP) is 5.23. The van der Waals surface area contributed by atoms with E-state index in [9.17, 15) is 9.59 Å². The van der Waals surface area contributed by atoms with Crippen LogP contribution in [0.3, 0.4) is 0 Å². The van der Waals surface area contributed by atoms with E-state index in [-0.39, 0.29) is 11.5 Å². The lowest BCUT2D eigenvalue weighted by Gasteiger charge is -2.39. The first-order valence-corrected chi connectivity index (χ1v) is 12.0. The van der Waals surface area contributed by atoms with Crippen LogP contribution in [0.4, 0.5) is 0 Å². The topological polar surface area (TPSA) is 60.8 Å². The van der Waals surface area contributed by atoms with Gasteiger partial charge in [0.1, 0.15) is 0 Å². The molecule has 6 nitrogen and oxygen atoms in total. The molecule has 7 heteroatoms. The molecule has 1 fully saturated rings. The van der Waals surface area contributed by atoms with E-state index in [1.807, 2.05) is 37.8 Å². The molecule has 178 valence electrons. The third kappa shape index (κ3) is 3.69. The van der Waals surface area contributed by atoms with Crippen molar-refractivity contribution in [1.29, 1.82) is 0 Å². The lowest BCUT2D eigenvalue weighted by Crippen LogP contribution is -2.45. The molecule has 1 amide bonds. The SMILES string of the molecule is CC(=O)On1c(C(C)(C)C)c(C(=O)N2CCC3(CC2)OCc2ccccc23)c2ccc(Cl)cc21. The maximum absolute atomic E-state index is 14.0. The fourth-order valence-corrected chi connectivity index (χ4v) is 5.55. The number of hydrogen-bond donors (Lipinski definition) is 0. The lowest BCUT2D eigenvalue weighted by atomic mass is 9.83. The Morgan fingerprint density at radius 2 is 1.79 bits per heavy atom. The fourth-order valence-electron chi connectivity index (χ4n) is 5.38. The molecule has 5 rings (SSSR count). The van der Waals surface area contributed by atoms with Crippen LogP contribution in [-0.2, 0) is 27.2 Å². The van der Waals surface area contributed by atoms with Crippen molar-refractivity contribution in [3.63, 3.8) is 0 Å². The van der Waals surface area contributed by atoms with Gasteiger partial charge in [0.2, 0.25) is 0 Å². The summed E-state index contributed by atoms with van der Waals surface area (Å²) in [6.45, 7) is 9.17. The Morgan fingerprint density at radius 1 is 1.09 bits per heavy atom. The van der Waals surface area contributed by atoms with Gasteiger partial charge in [-0.3, -0.25) is 4.79 Å². The average molecular weight is 481 g/mol. The Labute approximate surface area is 204 Å². The molecule has 3 heterocycles. The van der Waals surface area contributed by atoms with Crippen LogP contribution in [0.5, 0.6) is 0 Å². The average Bonchev–Trinajstić information content (AvgIpc) is 3.30. The van der Waals surface area contributed by atoms with Gasteiger partial charge in [0, 0.05) is 35.8 Å². The molecule has 1 aromatic heterocycles. The van der Waals surface area contributed by atoms with E-state index in [0.717, 1.165) is 18.2 Å². The van der Waals surface area contributed by atoms with Crippen LogP contribution in [0.1, 0.15) is 67.7 Å². The molecular formula is C27H29ClN2O4. The van der Waals surface area contributed by atoms with Crippen LogP contribution in [0.2, 0.25) is 5.02 Å².